The highest BCUT2D eigenvalue weighted by molar-refractivity contribution is 6.70. The number of aliphatic imine (C=N–C) groups is 1. The van der Waals surface area contributed by atoms with Crippen LogP contribution in [0.2, 0.25) is 0 Å². The fourth-order valence-corrected chi connectivity index (χ4v) is 1.74. The maximum absolute atomic E-state index is 13.0. The molecule has 0 atom stereocenters. The summed E-state index contributed by atoms with van der Waals surface area (Å²) in [5, 5.41) is 21.2. The van der Waals surface area contributed by atoms with E-state index in [1.165, 1.54) is 18.2 Å². The second-order valence-electron chi connectivity index (χ2n) is 4.21. The maximum atomic E-state index is 13.0. The van der Waals surface area contributed by atoms with Gasteiger partial charge in [-0.1, -0.05) is 0 Å². The Hall–Kier alpha value is -2.58. The third-order valence-electron chi connectivity index (χ3n) is 2.74. The first kappa shape index (κ1) is 14.8. The van der Waals surface area contributed by atoms with Crippen LogP contribution in [0, 0.1) is 5.41 Å². The van der Waals surface area contributed by atoms with E-state index < -0.39 is 23.4 Å². The van der Waals surface area contributed by atoms with Gasteiger partial charge in [0.25, 0.3) is 0 Å². The lowest BCUT2D eigenvalue weighted by atomic mass is 10.2. The Morgan fingerprint density at radius 1 is 1.43 bits per heavy atom. The Kier molecular flexibility index (Phi) is 3.58. The zero-order valence-corrected chi connectivity index (χ0v) is 10.9. The van der Waals surface area contributed by atoms with Crippen molar-refractivity contribution >= 4 is 28.6 Å². The molecule has 1 aliphatic heterocycles. The number of hydrogen-bond acceptors (Lipinski definition) is 5. The summed E-state index contributed by atoms with van der Waals surface area (Å²) in [6.07, 6.45) is -4.72. The van der Waals surface area contributed by atoms with E-state index in [0.29, 0.717) is 0 Å². The minimum Gasteiger partial charge on any atom is -0.508 e. The lowest BCUT2D eigenvalue weighted by Crippen LogP contribution is -2.33. The Morgan fingerprint density at radius 2 is 2.10 bits per heavy atom. The number of anilines is 1. The van der Waals surface area contributed by atoms with Gasteiger partial charge in [-0.25, -0.2) is 10.0 Å². The van der Waals surface area contributed by atoms with Crippen LogP contribution < -0.4 is 5.73 Å². The highest BCUT2D eigenvalue weighted by Crippen LogP contribution is 2.29. The Morgan fingerprint density at radius 3 is 2.62 bits per heavy atom. The van der Waals surface area contributed by atoms with Gasteiger partial charge in [-0.15, -0.1) is 0 Å². The molecule has 0 saturated carbocycles. The molecule has 4 N–H and O–H groups in total. The molecule has 1 aromatic carbocycles. The molecule has 1 aromatic rings. The molecule has 1 aliphatic rings. The van der Waals surface area contributed by atoms with Crippen LogP contribution >= 0.6 is 0 Å². The molecule has 2 rings (SSSR count). The van der Waals surface area contributed by atoms with Crippen molar-refractivity contribution in [3.63, 3.8) is 0 Å². The van der Waals surface area contributed by atoms with Crippen molar-refractivity contribution in [2.45, 2.75) is 13.1 Å². The van der Waals surface area contributed by atoms with Crippen LogP contribution in [-0.4, -0.2) is 40.1 Å². The summed E-state index contributed by atoms with van der Waals surface area (Å²) < 4.78 is 38.9. The smallest absolute Gasteiger partial charge is 0.437 e. The highest BCUT2D eigenvalue weighted by Gasteiger charge is 2.46. The molecule has 0 unspecified atom stereocenters. The summed E-state index contributed by atoms with van der Waals surface area (Å²) in [4.78, 5) is 3.79. The molecule has 1 heterocycles. The monoisotopic (exact) mass is 299 g/mol. The molecule has 9 heteroatoms. The van der Waals surface area contributed by atoms with E-state index in [4.69, 9.17) is 11.1 Å². The van der Waals surface area contributed by atoms with Gasteiger partial charge in [0.05, 0.1) is 11.4 Å². The summed E-state index contributed by atoms with van der Waals surface area (Å²) in [6, 6.07) is 3.68. The molecule has 0 saturated heterocycles. The number of phenolic OH excluding ortho intramolecular Hbond substituents is 1. The first-order valence-corrected chi connectivity index (χ1v) is 5.94. The second kappa shape index (κ2) is 5.08. The number of nitrogens with zero attached hydrogens (tertiary/aromatic N) is 3. The van der Waals surface area contributed by atoms with Gasteiger partial charge in [0.2, 0.25) is 0 Å². The normalized spacial score (nSPS) is 17.5. The van der Waals surface area contributed by atoms with Crippen molar-refractivity contribution in [1.29, 1.82) is 5.41 Å². The van der Waals surface area contributed by atoms with Gasteiger partial charge < -0.3 is 10.8 Å². The third-order valence-corrected chi connectivity index (χ3v) is 2.74. The van der Waals surface area contributed by atoms with Gasteiger partial charge in [0, 0.05) is 12.6 Å². The van der Waals surface area contributed by atoms with Crippen molar-refractivity contribution in [2.24, 2.45) is 10.1 Å². The number of halogens is 3. The fourth-order valence-electron chi connectivity index (χ4n) is 1.74. The maximum Gasteiger partial charge on any atom is 0.437 e. The van der Waals surface area contributed by atoms with E-state index in [1.807, 2.05) is 0 Å². The minimum absolute atomic E-state index is 0.00627. The number of aromatic hydroxyl groups is 1. The lowest BCUT2D eigenvalue weighted by molar-refractivity contribution is -0.0570. The van der Waals surface area contributed by atoms with Gasteiger partial charge in [-0.3, -0.25) is 5.41 Å². The lowest BCUT2D eigenvalue weighted by Gasteiger charge is -2.09. The molecule has 6 nitrogen and oxygen atoms in total. The Balaban J connectivity index is 2.52. The van der Waals surface area contributed by atoms with E-state index in [1.54, 1.807) is 6.92 Å². The predicted molar refractivity (Wildman–Crippen MR) is 73.2 cm³/mol. The number of nitrogens with two attached hydrogens (primary N) is 1. The number of phenols is 1. The van der Waals surface area contributed by atoms with Gasteiger partial charge in [-0.05, 0) is 19.1 Å². The number of amidine groups is 1. The number of alkyl halides is 3. The van der Waals surface area contributed by atoms with Crippen molar-refractivity contribution in [1.82, 2.24) is 5.01 Å². The van der Waals surface area contributed by atoms with Crippen LogP contribution in [0.3, 0.4) is 0 Å². The van der Waals surface area contributed by atoms with Gasteiger partial charge in [-0.2, -0.15) is 18.3 Å². The molecular formula is C12H12F3N5O. The summed E-state index contributed by atoms with van der Waals surface area (Å²) >= 11 is 0. The topological polar surface area (TPSA) is 98.1 Å². The second-order valence-corrected chi connectivity index (χ2v) is 4.21. The largest absolute Gasteiger partial charge is 0.508 e. The quantitative estimate of drug-likeness (QED) is 0.731. The summed E-state index contributed by atoms with van der Waals surface area (Å²) in [7, 11) is 0. The fraction of sp³-hybridized carbons (Fsp3) is 0.250. The minimum atomic E-state index is -4.72. The van der Waals surface area contributed by atoms with Crippen LogP contribution in [0.4, 0.5) is 24.5 Å². The summed E-state index contributed by atoms with van der Waals surface area (Å²) in [6.45, 7) is 1.69. The number of hydrazone groups is 1. The van der Waals surface area contributed by atoms with Gasteiger partial charge >= 0.3 is 6.18 Å². The zero-order valence-electron chi connectivity index (χ0n) is 10.9. The van der Waals surface area contributed by atoms with E-state index in [0.717, 1.165) is 5.01 Å². The third kappa shape index (κ3) is 2.81. The molecule has 0 bridgehead atoms. The van der Waals surface area contributed by atoms with Crippen LogP contribution in [0.25, 0.3) is 0 Å². The Bertz CT molecular complexity index is 651. The summed E-state index contributed by atoms with van der Waals surface area (Å²) in [5.41, 5.74) is 3.80. The first-order chi connectivity index (χ1) is 9.74. The van der Waals surface area contributed by atoms with Crippen LogP contribution in [-0.2, 0) is 0 Å². The van der Waals surface area contributed by atoms with E-state index >= 15 is 0 Å². The van der Waals surface area contributed by atoms with Crippen molar-refractivity contribution < 1.29 is 18.3 Å². The molecule has 0 spiro atoms. The van der Waals surface area contributed by atoms with E-state index in [-0.39, 0.29) is 23.7 Å². The average Bonchev–Trinajstić information content (AvgIpc) is 2.69. The average molecular weight is 299 g/mol. The molecule has 0 fully saturated rings. The standard InChI is InChI=1S/C12H12F3N5O/c1-2-20-11(17)9(10(19-20)12(13,14)15)18-8-4-3-6(21)5-7(8)16/h3-5,17,21H,2,16H2,1H3. The van der Waals surface area contributed by atoms with Crippen molar-refractivity contribution in [3.8, 4) is 5.75 Å². The first-order valence-electron chi connectivity index (χ1n) is 5.94. The van der Waals surface area contributed by atoms with Crippen molar-refractivity contribution in [3.05, 3.63) is 18.2 Å². The highest BCUT2D eigenvalue weighted by atomic mass is 19.4. The number of benzene rings is 1. The number of rotatable bonds is 2. The van der Waals surface area contributed by atoms with E-state index in [9.17, 15) is 18.3 Å². The Labute approximate surface area is 117 Å². The molecule has 0 amide bonds. The van der Waals surface area contributed by atoms with Crippen LogP contribution in [0.5, 0.6) is 5.75 Å². The molecule has 21 heavy (non-hydrogen) atoms. The SMILES string of the molecule is CCN1N=C(C(F)(F)F)C(=Nc2ccc(O)cc2N)C1=N. The zero-order chi connectivity index (χ0) is 15.8. The molecular weight excluding hydrogens is 287 g/mol. The number of hydrogen-bond donors (Lipinski definition) is 3. The molecule has 0 aliphatic carbocycles. The number of nitrogen functional groups attached to an aromatic ring is 1. The summed E-state index contributed by atoms with van der Waals surface area (Å²) in [5.74, 6) is -0.574. The molecule has 0 aromatic heterocycles. The van der Waals surface area contributed by atoms with Crippen LogP contribution in [0.1, 0.15) is 6.92 Å². The van der Waals surface area contributed by atoms with Crippen LogP contribution in [0.15, 0.2) is 28.3 Å². The number of nitrogens with one attached hydrogen (secondary N) is 1. The van der Waals surface area contributed by atoms with Crippen molar-refractivity contribution in [2.75, 3.05) is 12.3 Å². The predicted octanol–water partition coefficient (Wildman–Crippen LogP) is 2.28. The molecule has 112 valence electrons. The molecule has 0 radical (unpaired) electrons. The van der Waals surface area contributed by atoms with Gasteiger partial charge in [0.15, 0.2) is 11.5 Å². The van der Waals surface area contributed by atoms with E-state index in [2.05, 4.69) is 10.1 Å². The van der Waals surface area contributed by atoms with Gasteiger partial charge in [0.1, 0.15) is 11.5 Å².